The zero-order valence-corrected chi connectivity index (χ0v) is 10.3. The van der Waals surface area contributed by atoms with Gasteiger partial charge in [-0.25, -0.2) is 4.79 Å². The first-order valence-corrected chi connectivity index (χ1v) is 5.60. The van der Waals surface area contributed by atoms with Gasteiger partial charge in [0.25, 0.3) is 5.56 Å². The van der Waals surface area contributed by atoms with Crippen molar-refractivity contribution in [3.63, 3.8) is 0 Å². The van der Waals surface area contributed by atoms with Crippen LogP contribution in [0.4, 0.5) is 0 Å². The Kier molecular flexibility index (Phi) is 3.21. The Morgan fingerprint density at radius 2 is 1.89 bits per heavy atom. The van der Waals surface area contributed by atoms with Gasteiger partial charge in [0.2, 0.25) is 0 Å². The van der Waals surface area contributed by atoms with Gasteiger partial charge in [0, 0.05) is 5.02 Å². The number of H-pyrrole nitrogens is 1. The van der Waals surface area contributed by atoms with Crippen molar-refractivity contribution in [3.8, 4) is 11.3 Å². The molecular formula is C13H10ClNO3. The van der Waals surface area contributed by atoms with E-state index in [-0.39, 0.29) is 5.56 Å². The Bertz CT molecular complexity index is 659. The van der Waals surface area contributed by atoms with Crippen molar-refractivity contribution in [1.82, 2.24) is 4.98 Å². The van der Waals surface area contributed by atoms with Gasteiger partial charge in [-0.2, -0.15) is 0 Å². The second kappa shape index (κ2) is 4.66. The lowest BCUT2D eigenvalue weighted by molar-refractivity contribution is 0.0695. The van der Waals surface area contributed by atoms with Gasteiger partial charge in [-0.3, -0.25) is 4.79 Å². The predicted octanol–water partition coefficient (Wildman–Crippen LogP) is 2.70. The maximum Gasteiger partial charge on any atom is 0.341 e. The van der Waals surface area contributed by atoms with E-state index in [0.717, 1.165) is 5.56 Å². The fourth-order valence-electron chi connectivity index (χ4n) is 1.71. The molecule has 0 aliphatic carbocycles. The molecule has 0 unspecified atom stereocenters. The van der Waals surface area contributed by atoms with E-state index in [1.165, 1.54) is 6.07 Å². The highest BCUT2D eigenvalue weighted by Crippen LogP contribution is 2.22. The predicted molar refractivity (Wildman–Crippen MR) is 69.2 cm³/mol. The number of hydrogen-bond acceptors (Lipinski definition) is 2. The number of aromatic carboxylic acids is 1. The number of aryl methyl sites for hydroxylation is 1. The van der Waals surface area contributed by atoms with Crippen LogP contribution in [-0.4, -0.2) is 16.1 Å². The summed E-state index contributed by atoms with van der Waals surface area (Å²) in [5.41, 5.74) is 1.20. The second-order valence-corrected chi connectivity index (χ2v) is 4.32. The quantitative estimate of drug-likeness (QED) is 0.875. The van der Waals surface area contributed by atoms with Gasteiger partial charge < -0.3 is 10.1 Å². The van der Waals surface area contributed by atoms with Crippen LogP contribution in [0.1, 0.15) is 15.9 Å². The molecule has 92 valence electrons. The number of carboxylic acid groups (broad SMARTS) is 1. The van der Waals surface area contributed by atoms with E-state index in [1.807, 2.05) is 0 Å². The number of pyridine rings is 1. The lowest BCUT2D eigenvalue weighted by Gasteiger charge is -2.07. The number of aromatic amines is 1. The first-order valence-electron chi connectivity index (χ1n) is 5.22. The molecule has 0 saturated heterocycles. The normalized spacial score (nSPS) is 10.3. The topological polar surface area (TPSA) is 70.2 Å². The van der Waals surface area contributed by atoms with Crippen LogP contribution in [-0.2, 0) is 0 Å². The summed E-state index contributed by atoms with van der Waals surface area (Å²) in [6.07, 6.45) is 0. The summed E-state index contributed by atoms with van der Waals surface area (Å²) in [4.78, 5) is 25.0. The molecule has 0 radical (unpaired) electrons. The van der Waals surface area contributed by atoms with Crippen LogP contribution in [0, 0.1) is 6.92 Å². The molecule has 0 atom stereocenters. The van der Waals surface area contributed by atoms with Crippen LogP contribution >= 0.6 is 11.6 Å². The number of aromatic nitrogens is 1. The lowest BCUT2D eigenvalue weighted by atomic mass is 10.1. The van der Waals surface area contributed by atoms with Crippen LogP contribution in [0.15, 0.2) is 35.1 Å². The van der Waals surface area contributed by atoms with Gasteiger partial charge in [-0.15, -0.1) is 0 Å². The van der Waals surface area contributed by atoms with Gasteiger partial charge in [-0.1, -0.05) is 23.7 Å². The molecule has 0 bridgehead atoms. The average molecular weight is 264 g/mol. The number of benzene rings is 1. The Hall–Kier alpha value is -2.07. The third-order valence-corrected chi connectivity index (χ3v) is 2.85. The van der Waals surface area contributed by atoms with Gasteiger partial charge in [-0.05, 0) is 36.2 Å². The number of rotatable bonds is 2. The number of nitrogens with one attached hydrogen (secondary N) is 1. The first kappa shape index (κ1) is 12.4. The Morgan fingerprint density at radius 1 is 1.28 bits per heavy atom. The Balaban J connectivity index is 2.60. The third kappa shape index (κ3) is 2.28. The van der Waals surface area contributed by atoms with Crippen molar-refractivity contribution in [2.75, 3.05) is 0 Å². The van der Waals surface area contributed by atoms with Crippen molar-refractivity contribution in [3.05, 3.63) is 56.8 Å². The highest BCUT2D eigenvalue weighted by atomic mass is 35.5. The fourth-order valence-corrected chi connectivity index (χ4v) is 1.83. The van der Waals surface area contributed by atoms with Crippen LogP contribution in [0.2, 0.25) is 5.02 Å². The third-order valence-electron chi connectivity index (χ3n) is 2.60. The Labute approximate surface area is 108 Å². The minimum Gasteiger partial charge on any atom is -0.477 e. The first-order chi connectivity index (χ1) is 8.49. The largest absolute Gasteiger partial charge is 0.477 e. The van der Waals surface area contributed by atoms with E-state index in [4.69, 9.17) is 16.7 Å². The molecule has 1 aromatic carbocycles. The monoisotopic (exact) mass is 263 g/mol. The standard InChI is InChI=1S/C13H10ClNO3/c1-7-6-10(13(17)18)12(16)15-11(7)8-2-4-9(14)5-3-8/h2-6H,1H3,(H,15,16)(H,17,18). The smallest absolute Gasteiger partial charge is 0.341 e. The van der Waals surface area contributed by atoms with E-state index in [2.05, 4.69) is 4.98 Å². The van der Waals surface area contributed by atoms with Crippen LogP contribution in [0.3, 0.4) is 0 Å². The molecule has 0 spiro atoms. The summed E-state index contributed by atoms with van der Waals surface area (Å²) >= 11 is 5.79. The molecular weight excluding hydrogens is 254 g/mol. The molecule has 2 rings (SSSR count). The minimum atomic E-state index is -1.23. The second-order valence-electron chi connectivity index (χ2n) is 3.88. The molecule has 0 fully saturated rings. The van der Waals surface area contributed by atoms with E-state index in [0.29, 0.717) is 16.3 Å². The summed E-state index contributed by atoms with van der Waals surface area (Å²) in [5.74, 6) is -1.23. The van der Waals surface area contributed by atoms with Crippen molar-refractivity contribution in [2.45, 2.75) is 6.92 Å². The van der Waals surface area contributed by atoms with E-state index >= 15 is 0 Å². The molecule has 0 aliphatic rings. The van der Waals surface area contributed by atoms with E-state index in [1.54, 1.807) is 31.2 Å². The molecule has 5 heteroatoms. The van der Waals surface area contributed by atoms with Gasteiger partial charge in [0.1, 0.15) is 5.56 Å². The summed E-state index contributed by atoms with van der Waals surface area (Å²) in [6.45, 7) is 1.74. The highest BCUT2D eigenvalue weighted by molar-refractivity contribution is 6.30. The minimum absolute atomic E-state index is 0.259. The van der Waals surface area contributed by atoms with E-state index < -0.39 is 11.5 Å². The zero-order valence-electron chi connectivity index (χ0n) is 9.53. The molecule has 0 aliphatic heterocycles. The fraction of sp³-hybridized carbons (Fsp3) is 0.0769. The van der Waals surface area contributed by atoms with Crippen molar-refractivity contribution >= 4 is 17.6 Å². The molecule has 1 aromatic heterocycles. The molecule has 0 saturated carbocycles. The summed E-state index contributed by atoms with van der Waals surface area (Å²) in [5, 5.41) is 9.45. The molecule has 1 heterocycles. The van der Waals surface area contributed by atoms with E-state index in [9.17, 15) is 9.59 Å². The Morgan fingerprint density at radius 3 is 2.44 bits per heavy atom. The molecule has 18 heavy (non-hydrogen) atoms. The van der Waals surface area contributed by atoms with Crippen LogP contribution < -0.4 is 5.56 Å². The van der Waals surface area contributed by atoms with Gasteiger partial charge >= 0.3 is 5.97 Å². The lowest BCUT2D eigenvalue weighted by Crippen LogP contribution is -2.18. The van der Waals surface area contributed by atoms with Gasteiger partial charge in [0.15, 0.2) is 0 Å². The number of carboxylic acids is 1. The molecule has 2 N–H and O–H groups in total. The average Bonchev–Trinajstić information content (AvgIpc) is 2.32. The SMILES string of the molecule is Cc1cc(C(=O)O)c(=O)[nH]c1-c1ccc(Cl)cc1. The molecule has 2 aromatic rings. The number of hydrogen-bond donors (Lipinski definition) is 2. The van der Waals surface area contributed by atoms with Crippen molar-refractivity contribution < 1.29 is 9.90 Å². The summed E-state index contributed by atoms with van der Waals surface area (Å²) in [6, 6.07) is 8.31. The van der Waals surface area contributed by atoms with Gasteiger partial charge in [0.05, 0.1) is 5.69 Å². The summed E-state index contributed by atoms with van der Waals surface area (Å²) < 4.78 is 0. The molecule has 4 nitrogen and oxygen atoms in total. The maximum absolute atomic E-state index is 11.6. The zero-order chi connectivity index (χ0) is 13.3. The van der Waals surface area contributed by atoms with Crippen LogP contribution in [0.5, 0.6) is 0 Å². The summed E-state index contributed by atoms with van der Waals surface area (Å²) in [7, 11) is 0. The number of halogens is 1. The molecule has 0 amide bonds. The maximum atomic E-state index is 11.6. The number of carbonyl (C=O) groups is 1. The van der Waals surface area contributed by atoms with Crippen LogP contribution in [0.25, 0.3) is 11.3 Å². The van der Waals surface area contributed by atoms with Crippen molar-refractivity contribution in [2.24, 2.45) is 0 Å². The van der Waals surface area contributed by atoms with Crippen molar-refractivity contribution in [1.29, 1.82) is 0 Å². The highest BCUT2D eigenvalue weighted by Gasteiger charge is 2.12.